The third-order valence-electron chi connectivity index (χ3n) is 5.49. The van der Waals surface area contributed by atoms with Gasteiger partial charge in [0.15, 0.2) is 0 Å². The molecule has 0 aliphatic heterocycles. The van der Waals surface area contributed by atoms with Crippen molar-refractivity contribution in [1.29, 1.82) is 0 Å². The topological polar surface area (TPSA) is 77.4 Å². The average Bonchev–Trinajstić information content (AvgIpc) is 2.61. The van der Waals surface area contributed by atoms with Crippen LogP contribution in [0.1, 0.15) is 129 Å². The van der Waals surface area contributed by atoms with E-state index in [1.165, 1.54) is 38.5 Å². The standard InChI is InChI=1S/C22H46O4S.K/c1-3-5-7-9-10-15-19-22(27(24,25)26)20-16-12-11-14-18-21(23)17-13-8-6-4-2;/h21-23H,3-20H2,1-2H3,(H,24,25,26);/q;+1/p-1. The van der Waals surface area contributed by atoms with Gasteiger partial charge in [0, 0.05) is 5.25 Å². The van der Waals surface area contributed by atoms with Crippen molar-refractivity contribution in [2.45, 2.75) is 141 Å². The van der Waals surface area contributed by atoms with E-state index in [0.717, 1.165) is 64.2 Å². The molecule has 0 aromatic rings. The number of aliphatic hydroxyl groups excluding tert-OH is 1. The van der Waals surface area contributed by atoms with Gasteiger partial charge in [-0.1, -0.05) is 104 Å². The minimum Gasteiger partial charge on any atom is -0.748 e. The van der Waals surface area contributed by atoms with Gasteiger partial charge in [-0.2, -0.15) is 0 Å². The van der Waals surface area contributed by atoms with Crippen LogP contribution in [0.2, 0.25) is 0 Å². The predicted molar refractivity (Wildman–Crippen MR) is 114 cm³/mol. The van der Waals surface area contributed by atoms with Gasteiger partial charge in [0.05, 0.1) is 16.2 Å². The monoisotopic (exact) mass is 444 g/mol. The molecule has 0 aromatic heterocycles. The van der Waals surface area contributed by atoms with Crippen LogP contribution in [0, 0.1) is 0 Å². The second-order valence-corrected chi connectivity index (χ2v) is 9.82. The van der Waals surface area contributed by atoms with E-state index < -0.39 is 15.4 Å². The van der Waals surface area contributed by atoms with E-state index >= 15 is 0 Å². The molecule has 0 amide bonds. The van der Waals surface area contributed by atoms with Crippen LogP contribution >= 0.6 is 0 Å². The molecule has 0 aromatic carbocycles. The molecule has 0 saturated heterocycles. The zero-order valence-electron chi connectivity index (χ0n) is 19.0. The number of hydrogen-bond donors (Lipinski definition) is 1. The van der Waals surface area contributed by atoms with Gasteiger partial charge in [-0.15, -0.1) is 0 Å². The van der Waals surface area contributed by atoms with Gasteiger partial charge >= 0.3 is 51.4 Å². The first kappa shape index (κ1) is 31.7. The third-order valence-corrected chi connectivity index (χ3v) is 6.78. The summed E-state index contributed by atoms with van der Waals surface area (Å²) in [5, 5.41) is 9.25. The number of hydrogen-bond acceptors (Lipinski definition) is 4. The normalized spacial score (nSPS) is 13.9. The first-order valence-corrected chi connectivity index (χ1v) is 13.0. The largest absolute Gasteiger partial charge is 1.00 e. The van der Waals surface area contributed by atoms with Gasteiger partial charge in [-0.25, -0.2) is 8.42 Å². The Balaban J connectivity index is 0. The zero-order valence-corrected chi connectivity index (χ0v) is 22.9. The summed E-state index contributed by atoms with van der Waals surface area (Å²) in [5.74, 6) is 0. The van der Waals surface area contributed by atoms with Crippen molar-refractivity contribution in [3.63, 3.8) is 0 Å². The summed E-state index contributed by atoms with van der Waals surface area (Å²) < 4.78 is 34.4. The Labute approximate surface area is 218 Å². The molecule has 28 heavy (non-hydrogen) atoms. The van der Waals surface area contributed by atoms with Gasteiger partial charge in [0.25, 0.3) is 0 Å². The van der Waals surface area contributed by atoms with Crippen LogP contribution < -0.4 is 51.4 Å². The van der Waals surface area contributed by atoms with Crippen molar-refractivity contribution in [3.8, 4) is 0 Å². The fourth-order valence-corrected chi connectivity index (χ4v) is 4.55. The molecule has 0 fully saturated rings. The molecule has 0 saturated carbocycles. The Morgan fingerprint density at radius 1 is 0.643 bits per heavy atom. The summed E-state index contributed by atoms with van der Waals surface area (Å²) in [7, 11) is -4.17. The van der Waals surface area contributed by atoms with E-state index in [0.29, 0.717) is 12.8 Å². The van der Waals surface area contributed by atoms with Crippen molar-refractivity contribution in [2.24, 2.45) is 0 Å². The summed E-state index contributed by atoms with van der Waals surface area (Å²) >= 11 is 0. The SMILES string of the molecule is CCCCCCCCC(CCCCCCC(O)CCCCCC)S(=O)(=O)[O-].[K+]. The van der Waals surface area contributed by atoms with E-state index in [4.69, 9.17) is 0 Å². The molecule has 0 heterocycles. The number of rotatable bonds is 20. The molecule has 0 bridgehead atoms. The maximum Gasteiger partial charge on any atom is 1.00 e. The summed E-state index contributed by atoms with van der Waals surface area (Å²) in [6.07, 6.45) is 17.7. The Morgan fingerprint density at radius 2 is 0.964 bits per heavy atom. The van der Waals surface area contributed by atoms with Gasteiger partial charge in [0.2, 0.25) is 0 Å². The quantitative estimate of drug-likeness (QED) is 0.177. The zero-order chi connectivity index (χ0) is 20.4. The molecular weight excluding hydrogens is 399 g/mol. The van der Waals surface area contributed by atoms with Crippen molar-refractivity contribution in [1.82, 2.24) is 0 Å². The molecule has 164 valence electrons. The molecule has 0 spiro atoms. The number of aliphatic hydroxyl groups is 1. The van der Waals surface area contributed by atoms with E-state index in [-0.39, 0.29) is 57.5 Å². The fourth-order valence-electron chi connectivity index (χ4n) is 3.64. The predicted octanol–water partition coefficient (Wildman–Crippen LogP) is 3.33. The van der Waals surface area contributed by atoms with E-state index in [1.807, 2.05) is 0 Å². The Hall–Kier alpha value is 1.51. The minimum atomic E-state index is -4.17. The molecule has 2 atom stereocenters. The first-order valence-electron chi connectivity index (χ1n) is 11.5. The molecular formula is C22H45KO4S. The molecule has 6 heteroatoms. The van der Waals surface area contributed by atoms with Crippen molar-refractivity contribution in [3.05, 3.63) is 0 Å². The van der Waals surface area contributed by atoms with Gasteiger partial charge in [-0.05, 0) is 25.7 Å². The molecule has 1 N–H and O–H groups in total. The Bertz CT molecular complexity index is 415. The maximum atomic E-state index is 11.5. The van der Waals surface area contributed by atoms with Crippen molar-refractivity contribution in [2.75, 3.05) is 0 Å². The molecule has 0 aliphatic rings. The number of unbranched alkanes of at least 4 members (excludes halogenated alkanes) is 11. The van der Waals surface area contributed by atoms with Crippen LogP contribution in [0.4, 0.5) is 0 Å². The third kappa shape index (κ3) is 20.8. The smallest absolute Gasteiger partial charge is 0.748 e. The molecule has 0 aliphatic carbocycles. The van der Waals surface area contributed by atoms with Gasteiger partial charge in [-0.3, -0.25) is 0 Å². The van der Waals surface area contributed by atoms with Crippen LogP contribution in [0.15, 0.2) is 0 Å². The fraction of sp³-hybridized carbons (Fsp3) is 1.00. The van der Waals surface area contributed by atoms with E-state index in [1.54, 1.807) is 0 Å². The summed E-state index contributed by atoms with van der Waals surface area (Å²) in [4.78, 5) is 0. The molecule has 0 radical (unpaired) electrons. The Morgan fingerprint density at radius 3 is 1.36 bits per heavy atom. The second kappa shape index (κ2) is 21.7. The maximum absolute atomic E-state index is 11.5. The van der Waals surface area contributed by atoms with Crippen LogP contribution in [0.25, 0.3) is 0 Å². The Kier molecular flexibility index (Phi) is 24.6. The van der Waals surface area contributed by atoms with Crippen LogP contribution in [-0.4, -0.2) is 29.4 Å². The van der Waals surface area contributed by atoms with Gasteiger partial charge < -0.3 is 9.66 Å². The van der Waals surface area contributed by atoms with Crippen molar-refractivity contribution >= 4 is 10.1 Å². The average molecular weight is 445 g/mol. The van der Waals surface area contributed by atoms with E-state index in [9.17, 15) is 18.1 Å². The second-order valence-electron chi connectivity index (χ2n) is 8.17. The molecule has 2 unspecified atom stereocenters. The summed E-state index contributed by atoms with van der Waals surface area (Å²) in [6, 6.07) is 0. The molecule has 4 nitrogen and oxygen atoms in total. The van der Waals surface area contributed by atoms with E-state index in [2.05, 4.69) is 13.8 Å². The van der Waals surface area contributed by atoms with Crippen LogP contribution in [-0.2, 0) is 10.1 Å². The van der Waals surface area contributed by atoms with Gasteiger partial charge in [0.1, 0.15) is 0 Å². The summed E-state index contributed by atoms with van der Waals surface area (Å²) in [5.41, 5.74) is 0. The van der Waals surface area contributed by atoms with Crippen molar-refractivity contribution < 1.29 is 69.5 Å². The first-order chi connectivity index (χ1) is 12.9. The summed E-state index contributed by atoms with van der Waals surface area (Å²) in [6.45, 7) is 4.36. The minimum absolute atomic E-state index is 0. The van der Waals surface area contributed by atoms with Crippen LogP contribution in [0.5, 0.6) is 0 Å². The molecule has 0 rings (SSSR count). The van der Waals surface area contributed by atoms with Crippen LogP contribution in [0.3, 0.4) is 0 Å².